The molecule has 194 valence electrons. The van der Waals surface area contributed by atoms with Gasteiger partial charge in [-0.05, 0) is 42.0 Å². The van der Waals surface area contributed by atoms with E-state index in [1.165, 1.54) is 26.6 Å². The van der Waals surface area contributed by atoms with Crippen molar-refractivity contribution >= 4 is 65.8 Å². The number of carboxylic acids is 1. The van der Waals surface area contributed by atoms with Crippen molar-refractivity contribution in [3.8, 4) is 0 Å². The maximum Gasteiger partial charge on any atom is 0.330 e. The lowest BCUT2D eigenvalue weighted by Crippen LogP contribution is -3.00. The number of fused-ring (bicyclic) bond motifs is 2. The monoisotopic (exact) mass is 672 g/mol. The molecule has 0 aliphatic carbocycles. The lowest BCUT2D eigenvalue weighted by molar-refractivity contribution is -0.343. The molecule has 1 fully saturated rings. The minimum absolute atomic E-state index is 0. The Morgan fingerprint density at radius 2 is 1.89 bits per heavy atom. The van der Waals surface area contributed by atoms with E-state index in [1.54, 1.807) is 36.5 Å². The van der Waals surface area contributed by atoms with Crippen molar-refractivity contribution in [1.82, 2.24) is 14.2 Å². The number of carbonyl (C=O) groups is 2. The number of carbonyl (C=O) groups excluding carboxylic acids is 1. The Bertz CT molecular complexity index is 1630. The summed E-state index contributed by atoms with van der Waals surface area (Å²) in [5, 5.41) is 11.9. The molecular formula is C24H22ClIN4O5S2. The number of aromatic nitrogens is 2. The molecular weight excluding hydrogens is 651 g/mol. The van der Waals surface area contributed by atoms with E-state index in [9.17, 15) is 23.1 Å². The number of halogens is 2. The van der Waals surface area contributed by atoms with E-state index in [2.05, 4.69) is 9.97 Å². The highest BCUT2D eigenvalue weighted by Gasteiger charge is 2.39. The molecule has 1 amide bonds. The summed E-state index contributed by atoms with van der Waals surface area (Å²) in [6, 6.07) is 11.0. The standard InChI is InChI=1S/C24H21ClN4O5S2.HI/c1-14-8-20-21(12-26-14)35-23(27-20)24(32)29-7-6-28(13-18(29)11-22(30)31)36(33,34)19-5-3-15-9-17(25)4-2-16(15)10-19;/h2-5,8-10,12,18H,6-7,11,13H2,1H3,(H,30,31);1H. The highest BCUT2D eigenvalue weighted by molar-refractivity contribution is 7.89. The quantitative estimate of drug-likeness (QED) is 0.303. The maximum absolute atomic E-state index is 13.5. The third-order valence-electron chi connectivity index (χ3n) is 6.19. The number of aryl methyl sites for hydroxylation is 1. The normalized spacial score (nSPS) is 16.6. The van der Waals surface area contributed by atoms with E-state index < -0.39 is 22.0 Å². The van der Waals surface area contributed by atoms with Crippen LogP contribution in [0.4, 0.5) is 0 Å². The molecule has 2 aromatic carbocycles. The molecule has 1 aliphatic heterocycles. The predicted octanol–water partition coefficient (Wildman–Crippen LogP) is 0.219. The molecule has 0 bridgehead atoms. The third-order valence-corrected chi connectivity index (χ3v) is 9.31. The van der Waals surface area contributed by atoms with Gasteiger partial charge < -0.3 is 34.0 Å². The number of rotatable bonds is 5. The van der Waals surface area contributed by atoms with Gasteiger partial charge in [-0.15, -0.1) is 0 Å². The molecule has 5 rings (SSSR count). The van der Waals surface area contributed by atoms with Gasteiger partial charge in [-0.1, -0.05) is 35.1 Å². The Balaban J connectivity index is 0.00000320. The molecule has 2 aromatic heterocycles. The molecule has 13 heteroatoms. The Morgan fingerprint density at radius 1 is 1.16 bits per heavy atom. The number of nitrogens with one attached hydrogen (secondary N) is 1. The largest absolute Gasteiger partial charge is 1.00 e. The summed E-state index contributed by atoms with van der Waals surface area (Å²) in [6.07, 6.45) is 1.30. The fraction of sp³-hybridized carbons (Fsp3) is 0.250. The molecule has 4 aromatic rings. The van der Waals surface area contributed by atoms with Crippen LogP contribution in [0.15, 0.2) is 53.6 Å². The number of hydrogen-bond donors (Lipinski definition) is 1. The summed E-state index contributed by atoms with van der Waals surface area (Å²) in [7, 11) is -3.92. The van der Waals surface area contributed by atoms with Gasteiger partial charge in [0, 0.05) is 36.4 Å². The SMILES string of the molecule is Cc1cc2[nH+]c(C(=O)N3CCN(S(=O)(=O)c4ccc5cc(Cl)ccc5c4)CC3CC(=O)O)sc2cn1.[I-]. The van der Waals surface area contributed by atoms with Gasteiger partial charge in [0.1, 0.15) is 4.70 Å². The van der Waals surface area contributed by atoms with Crippen LogP contribution < -0.4 is 29.0 Å². The Hall–Kier alpha value is -2.39. The summed E-state index contributed by atoms with van der Waals surface area (Å²) in [5.74, 6) is -1.47. The van der Waals surface area contributed by atoms with E-state index in [1.807, 2.05) is 13.0 Å². The van der Waals surface area contributed by atoms with Gasteiger partial charge in [0.05, 0.1) is 23.6 Å². The summed E-state index contributed by atoms with van der Waals surface area (Å²) < 4.78 is 29.0. The van der Waals surface area contributed by atoms with E-state index >= 15 is 0 Å². The van der Waals surface area contributed by atoms with Gasteiger partial charge in [-0.2, -0.15) is 9.29 Å². The number of benzene rings is 2. The van der Waals surface area contributed by atoms with Crippen LogP contribution in [0.3, 0.4) is 0 Å². The Labute approximate surface area is 239 Å². The number of thiazole rings is 1. The van der Waals surface area contributed by atoms with Crippen LogP contribution in [0, 0.1) is 6.92 Å². The van der Waals surface area contributed by atoms with Crippen molar-refractivity contribution < 1.29 is 52.1 Å². The highest BCUT2D eigenvalue weighted by Crippen LogP contribution is 2.28. The number of carboxylic acid groups (broad SMARTS) is 1. The molecule has 0 saturated carbocycles. The van der Waals surface area contributed by atoms with Crippen molar-refractivity contribution in [3.63, 3.8) is 0 Å². The summed E-state index contributed by atoms with van der Waals surface area (Å²) in [6.45, 7) is 1.84. The van der Waals surface area contributed by atoms with Crippen molar-refractivity contribution in [2.45, 2.75) is 24.3 Å². The minimum Gasteiger partial charge on any atom is -1.00 e. The van der Waals surface area contributed by atoms with Crippen LogP contribution in [0.5, 0.6) is 0 Å². The summed E-state index contributed by atoms with van der Waals surface area (Å²) >= 11 is 7.27. The van der Waals surface area contributed by atoms with Crippen molar-refractivity contribution in [1.29, 1.82) is 0 Å². The molecule has 1 unspecified atom stereocenters. The lowest BCUT2D eigenvalue weighted by Gasteiger charge is -2.39. The Kier molecular flexibility index (Phi) is 8.04. The number of H-pyrrole nitrogens is 1. The smallest absolute Gasteiger partial charge is 0.330 e. The van der Waals surface area contributed by atoms with Gasteiger partial charge in [-0.3, -0.25) is 14.6 Å². The number of sulfonamides is 1. The zero-order valence-electron chi connectivity index (χ0n) is 19.5. The Morgan fingerprint density at radius 3 is 2.65 bits per heavy atom. The van der Waals surface area contributed by atoms with Crippen molar-refractivity contribution in [2.24, 2.45) is 0 Å². The van der Waals surface area contributed by atoms with Crippen LogP contribution >= 0.6 is 22.9 Å². The van der Waals surface area contributed by atoms with E-state index in [4.69, 9.17) is 11.6 Å². The average molecular weight is 673 g/mol. The second kappa shape index (κ2) is 10.8. The second-order valence-electron chi connectivity index (χ2n) is 8.64. The first-order chi connectivity index (χ1) is 17.1. The molecule has 0 radical (unpaired) electrons. The number of amides is 1. The van der Waals surface area contributed by atoms with Crippen LogP contribution in [0.1, 0.15) is 21.9 Å². The fourth-order valence-electron chi connectivity index (χ4n) is 4.40. The number of hydrogen-bond acceptors (Lipinski definition) is 6. The van der Waals surface area contributed by atoms with Crippen molar-refractivity contribution in [2.75, 3.05) is 19.6 Å². The predicted molar refractivity (Wildman–Crippen MR) is 136 cm³/mol. The maximum atomic E-state index is 13.5. The minimum atomic E-state index is -3.92. The number of nitrogens with zero attached hydrogens (tertiary/aromatic N) is 3. The number of piperazine rings is 1. The topological polar surface area (TPSA) is 122 Å². The average Bonchev–Trinajstić information content (AvgIpc) is 3.26. The summed E-state index contributed by atoms with van der Waals surface area (Å²) in [5.41, 5.74) is 1.57. The van der Waals surface area contributed by atoms with Gasteiger partial charge >= 0.3 is 16.9 Å². The molecule has 0 spiro atoms. The number of aliphatic carboxylic acids is 1. The zero-order chi connectivity index (χ0) is 25.6. The molecule has 37 heavy (non-hydrogen) atoms. The first-order valence-electron chi connectivity index (χ1n) is 11.1. The van der Waals surface area contributed by atoms with Crippen LogP contribution in [0.25, 0.3) is 21.0 Å². The molecule has 2 N–H and O–H groups in total. The van der Waals surface area contributed by atoms with Crippen molar-refractivity contribution in [3.05, 3.63) is 64.4 Å². The van der Waals surface area contributed by atoms with Gasteiger partial charge in [0.2, 0.25) is 15.5 Å². The molecule has 1 aliphatic rings. The van der Waals surface area contributed by atoms with E-state index in [0.29, 0.717) is 10.0 Å². The lowest BCUT2D eigenvalue weighted by atomic mass is 10.1. The molecule has 1 saturated heterocycles. The first-order valence-corrected chi connectivity index (χ1v) is 13.8. The van der Waals surface area contributed by atoms with Crippen LogP contribution in [-0.4, -0.2) is 65.3 Å². The molecule has 1 atom stereocenters. The van der Waals surface area contributed by atoms with E-state index in [-0.39, 0.29) is 60.8 Å². The highest BCUT2D eigenvalue weighted by atomic mass is 127. The van der Waals surface area contributed by atoms with Gasteiger partial charge in [0.15, 0.2) is 0 Å². The molecule has 3 heterocycles. The fourth-order valence-corrected chi connectivity index (χ4v) is 7.00. The van der Waals surface area contributed by atoms with Crippen LogP contribution in [0.2, 0.25) is 5.02 Å². The third kappa shape index (κ3) is 5.58. The summed E-state index contributed by atoms with van der Waals surface area (Å²) in [4.78, 5) is 33.9. The van der Waals surface area contributed by atoms with Crippen LogP contribution in [-0.2, 0) is 14.8 Å². The number of pyridine rings is 1. The van der Waals surface area contributed by atoms with Gasteiger partial charge in [-0.25, -0.2) is 8.42 Å². The van der Waals surface area contributed by atoms with E-state index in [0.717, 1.165) is 26.7 Å². The molecule has 9 nitrogen and oxygen atoms in total. The second-order valence-corrected chi connectivity index (χ2v) is 12.1. The van der Waals surface area contributed by atoms with Gasteiger partial charge in [0.25, 0.3) is 0 Å². The number of aromatic amines is 1. The zero-order valence-corrected chi connectivity index (χ0v) is 24.1. The first kappa shape index (κ1) is 27.6.